The van der Waals surface area contributed by atoms with Gasteiger partial charge >= 0.3 is 5.97 Å². The highest BCUT2D eigenvalue weighted by atomic mass is 16.6. The van der Waals surface area contributed by atoms with Gasteiger partial charge in [-0.1, -0.05) is 18.2 Å². The van der Waals surface area contributed by atoms with Gasteiger partial charge in [-0.2, -0.15) is 0 Å². The van der Waals surface area contributed by atoms with Crippen LogP contribution >= 0.6 is 0 Å². The van der Waals surface area contributed by atoms with E-state index in [4.69, 9.17) is 14.2 Å². The fraction of sp³-hybridized carbons (Fsp3) is 0.412. The maximum Gasteiger partial charge on any atom is 0.332 e. The van der Waals surface area contributed by atoms with Crippen LogP contribution in [0.5, 0.6) is 5.75 Å². The van der Waals surface area contributed by atoms with Gasteiger partial charge in [0.1, 0.15) is 12.4 Å². The Morgan fingerprint density at radius 2 is 2.26 bits per heavy atom. The summed E-state index contributed by atoms with van der Waals surface area (Å²) in [6.45, 7) is 6.79. The SMILES string of the molecule is CCOC(=O)/C=C(\C)NC1=NCC(COc2ccccc2C)O1. The Hall–Kier alpha value is -2.50. The summed E-state index contributed by atoms with van der Waals surface area (Å²) in [5, 5.41) is 2.94. The molecule has 0 bridgehead atoms. The third-order valence-electron chi connectivity index (χ3n) is 3.16. The molecule has 124 valence electrons. The molecule has 0 aliphatic carbocycles. The number of esters is 1. The number of aryl methyl sites for hydroxylation is 1. The van der Waals surface area contributed by atoms with E-state index in [-0.39, 0.29) is 6.10 Å². The number of para-hydroxylation sites is 1. The van der Waals surface area contributed by atoms with Crippen LogP contribution in [0, 0.1) is 6.92 Å². The first-order chi connectivity index (χ1) is 11.1. The van der Waals surface area contributed by atoms with Crippen molar-refractivity contribution in [2.45, 2.75) is 26.9 Å². The molecular weight excluding hydrogens is 296 g/mol. The lowest BCUT2D eigenvalue weighted by molar-refractivity contribution is -0.137. The fourth-order valence-electron chi connectivity index (χ4n) is 2.04. The molecule has 1 heterocycles. The van der Waals surface area contributed by atoms with E-state index in [0.717, 1.165) is 11.3 Å². The number of nitrogens with zero attached hydrogens (tertiary/aromatic N) is 1. The molecule has 0 spiro atoms. The molecule has 1 aromatic rings. The first kappa shape index (κ1) is 16.9. The summed E-state index contributed by atoms with van der Waals surface area (Å²) < 4.78 is 16.3. The maximum atomic E-state index is 11.3. The molecule has 0 radical (unpaired) electrons. The van der Waals surface area contributed by atoms with Gasteiger partial charge in [-0.25, -0.2) is 9.79 Å². The summed E-state index contributed by atoms with van der Waals surface area (Å²) in [5.74, 6) is 0.450. The summed E-state index contributed by atoms with van der Waals surface area (Å²) in [4.78, 5) is 15.6. The molecule has 2 rings (SSSR count). The van der Waals surface area contributed by atoms with E-state index in [2.05, 4.69) is 10.3 Å². The molecule has 1 N–H and O–H groups in total. The predicted molar refractivity (Wildman–Crippen MR) is 87.4 cm³/mol. The standard InChI is InChI=1S/C17H22N2O4/c1-4-21-16(20)9-13(3)19-17-18-10-14(23-17)11-22-15-8-6-5-7-12(15)2/h5-9,14H,4,10-11H2,1-3H3,(H,18,19)/b13-9+. The Bertz CT molecular complexity index is 610. The minimum Gasteiger partial charge on any atom is -0.489 e. The molecule has 1 aliphatic heterocycles. The minimum absolute atomic E-state index is 0.146. The van der Waals surface area contributed by atoms with Gasteiger partial charge in [0.05, 0.1) is 13.2 Å². The lowest BCUT2D eigenvalue weighted by atomic mass is 10.2. The van der Waals surface area contributed by atoms with Crippen molar-refractivity contribution in [3.05, 3.63) is 41.6 Å². The smallest absolute Gasteiger partial charge is 0.332 e. The van der Waals surface area contributed by atoms with Gasteiger partial charge in [0.2, 0.25) is 0 Å². The van der Waals surface area contributed by atoms with Gasteiger partial charge in [-0.15, -0.1) is 0 Å². The molecule has 0 amide bonds. The first-order valence-electron chi connectivity index (χ1n) is 7.60. The summed E-state index contributed by atoms with van der Waals surface area (Å²) in [7, 11) is 0. The van der Waals surface area contributed by atoms with E-state index in [1.807, 2.05) is 31.2 Å². The van der Waals surface area contributed by atoms with E-state index in [1.165, 1.54) is 6.08 Å². The average Bonchev–Trinajstić information content (AvgIpc) is 2.94. The van der Waals surface area contributed by atoms with Crippen molar-refractivity contribution in [1.82, 2.24) is 5.32 Å². The zero-order valence-corrected chi connectivity index (χ0v) is 13.7. The van der Waals surface area contributed by atoms with Crippen LogP contribution in [0.2, 0.25) is 0 Å². The number of aliphatic imine (C=N–C) groups is 1. The Balaban J connectivity index is 1.77. The van der Waals surface area contributed by atoms with Gasteiger partial charge in [0.25, 0.3) is 6.02 Å². The van der Waals surface area contributed by atoms with E-state index >= 15 is 0 Å². The normalized spacial score (nSPS) is 17.3. The van der Waals surface area contributed by atoms with Crippen LogP contribution in [0.15, 0.2) is 41.0 Å². The number of benzene rings is 1. The monoisotopic (exact) mass is 318 g/mol. The van der Waals surface area contributed by atoms with Gasteiger partial charge < -0.3 is 19.5 Å². The zero-order chi connectivity index (χ0) is 16.7. The maximum absolute atomic E-state index is 11.3. The van der Waals surface area contributed by atoms with Gasteiger partial charge in [0, 0.05) is 11.8 Å². The lowest BCUT2D eigenvalue weighted by Gasteiger charge is -2.14. The van der Waals surface area contributed by atoms with Crippen LogP contribution in [-0.4, -0.2) is 37.9 Å². The third kappa shape index (κ3) is 5.32. The fourth-order valence-corrected chi connectivity index (χ4v) is 2.04. The number of hydrogen-bond donors (Lipinski definition) is 1. The third-order valence-corrected chi connectivity index (χ3v) is 3.16. The quantitative estimate of drug-likeness (QED) is 0.643. The van der Waals surface area contributed by atoms with Gasteiger partial charge in [0.15, 0.2) is 6.10 Å². The highest BCUT2D eigenvalue weighted by Crippen LogP contribution is 2.17. The minimum atomic E-state index is -0.393. The molecule has 1 unspecified atom stereocenters. The molecular formula is C17H22N2O4. The topological polar surface area (TPSA) is 69.2 Å². The molecule has 0 saturated heterocycles. The highest BCUT2D eigenvalue weighted by molar-refractivity contribution is 5.84. The van der Waals surface area contributed by atoms with Crippen molar-refractivity contribution in [1.29, 1.82) is 0 Å². The van der Waals surface area contributed by atoms with E-state index in [9.17, 15) is 4.79 Å². The predicted octanol–water partition coefficient (Wildman–Crippen LogP) is 2.19. The van der Waals surface area contributed by atoms with Crippen molar-refractivity contribution in [2.75, 3.05) is 19.8 Å². The number of amidine groups is 1. The van der Waals surface area contributed by atoms with Crippen LogP contribution in [0.25, 0.3) is 0 Å². The van der Waals surface area contributed by atoms with Crippen molar-refractivity contribution in [2.24, 2.45) is 4.99 Å². The van der Waals surface area contributed by atoms with Crippen molar-refractivity contribution in [3.63, 3.8) is 0 Å². The van der Waals surface area contributed by atoms with Crippen molar-refractivity contribution < 1.29 is 19.0 Å². The zero-order valence-electron chi connectivity index (χ0n) is 13.7. The first-order valence-corrected chi connectivity index (χ1v) is 7.60. The Morgan fingerprint density at radius 3 is 3.00 bits per heavy atom. The Labute approximate surface area is 136 Å². The second-order valence-electron chi connectivity index (χ2n) is 5.17. The molecule has 0 saturated carbocycles. The molecule has 0 aromatic heterocycles. The second-order valence-corrected chi connectivity index (χ2v) is 5.17. The van der Waals surface area contributed by atoms with Crippen LogP contribution in [0.4, 0.5) is 0 Å². The number of hydrogen-bond acceptors (Lipinski definition) is 6. The van der Waals surface area contributed by atoms with E-state index in [1.54, 1.807) is 13.8 Å². The van der Waals surface area contributed by atoms with E-state index in [0.29, 0.717) is 31.5 Å². The van der Waals surface area contributed by atoms with Crippen molar-refractivity contribution in [3.8, 4) is 5.75 Å². The molecule has 1 atom stereocenters. The van der Waals surface area contributed by atoms with Crippen molar-refractivity contribution >= 4 is 12.0 Å². The number of nitrogens with one attached hydrogen (secondary N) is 1. The molecule has 0 fully saturated rings. The molecule has 6 nitrogen and oxygen atoms in total. The van der Waals surface area contributed by atoms with Gasteiger partial charge in [-0.05, 0) is 32.4 Å². The van der Waals surface area contributed by atoms with Crippen LogP contribution < -0.4 is 10.1 Å². The summed E-state index contributed by atoms with van der Waals surface area (Å²) >= 11 is 0. The molecule has 6 heteroatoms. The molecule has 1 aromatic carbocycles. The number of ether oxygens (including phenoxy) is 3. The van der Waals surface area contributed by atoms with Crippen LogP contribution in [-0.2, 0) is 14.3 Å². The Morgan fingerprint density at radius 1 is 1.48 bits per heavy atom. The number of allylic oxidation sites excluding steroid dienone is 1. The molecule has 23 heavy (non-hydrogen) atoms. The number of carbonyl (C=O) groups is 1. The highest BCUT2D eigenvalue weighted by Gasteiger charge is 2.21. The van der Waals surface area contributed by atoms with E-state index < -0.39 is 5.97 Å². The number of rotatable bonds is 6. The summed E-state index contributed by atoms with van der Waals surface area (Å²) in [6, 6.07) is 8.22. The summed E-state index contributed by atoms with van der Waals surface area (Å²) in [6.07, 6.45) is 1.22. The van der Waals surface area contributed by atoms with Crippen LogP contribution in [0.3, 0.4) is 0 Å². The second kappa shape index (κ2) is 8.22. The number of carbonyl (C=O) groups excluding carboxylic acids is 1. The summed E-state index contributed by atoms with van der Waals surface area (Å²) in [5.41, 5.74) is 1.70. The average molecular weight is 318 g/mol. The van der Waals surface area contributed by atoms with Crippen LogP contribution in [0.1, 0.15) is 19.4 Å². The lowest BCUT2D eigenvalue weighted by Crippen LogP contribution is -2.28. The van der Waals surface area contributed by atoms with Gasteiger partial charge in [-0.3, -0.25) is 0 Å². The molecule has 1 aliphatic rings. The Kier molecular flexibility index (Phi) is 6.02. The largest absolute Gasteiger partial charge is 0.489 e.